The highest BCUT2D eigenvalue weighted by Gasteiger charge is 2.33. The number of hydrogen-bond donors (Lipinski definition) is 1. The van der Waals surface area contributed by atoms with Crippen LogP contribution in [0.4, 0.5) is 13.2 Å². The number of hydrogen-bond acceptors (Lipinski definition) is 3. The van der Waals surface area contributed by atoms with E-state index in [4.69, 9.17) is 17.1 Å². The number of alkyl halides is 3. The number of carbonyl (C=O) groups is 1. The predicted molar refractivity (Wildman–Crippen MR) is 99.6 cm³/mol. The second-order valence-corrected chi connectivity index (χ2v) is 6.37. The third kappa shape index (κ3) is 4.00. The Balaban J connectivity index is 2.27. The monoisotopic (exact) mass is 415 g/mol. The number of benzene rings is 2. The molecule has 0 fully saturated rings. The van der Waals surface area contributed by atoms with E-state index in [1.807, 2.05) is 0 Å². The molecule has 0 amide bonds. The molecule has 0 aliphatic heterocycles. The highest BCUT2D eigenvalue weighted by Crippen LogP contribution is 2.35. The Morgan fingerprint density at radius 3 is 2.64 bits per heavy atom. The number of nitrogens with zero attached hydrogens (tertiary/aromatic N) is 1. The van der Waals surface area contributed by atoms with Gasteiger partial charge in [-0.25, -0.2) is 4.79 Å². The second kappa shape index (κ2) is 7.85. The molecule has 0 bridgehead atoms. The third-order valence-corrected chi connectivity index (χ3v) is 4.44. The molecule has 0 aliphatic carbocycles. The SMILES string of the molecule is [2H]C([2H])(O)C([2H])([2H])n1c(Cc2ccc(Cl)cc2C(F)(F)F)cc2cc(C(=O)OC)ccc21. The fourth-order valence-electron chi connectivity index (χ4n) is 2.99. The van der Waals surface area contributed by atoms with Crippen molar-refractivity contribution in [1.29, 1.82) is 0 Å². The molecule has 0 atom stereocenters. The fraction of sp³-hybridized carbons (Fsp3) is 0.250. The normalized spacial score (nSPS) is 14.9. The summed E-state index contributed by atoms with van der Waals surface area (Å²) in [6.07, 6.45) is -5.19. The van der Waals surface area contributed by atoms with Gasteiger partial charge in [0.25, 0.3) is 0 Å². The quantitative estimate of drug-likeness (QED) is 0.615. The maximum absolute atomic E-state index is 13.5. The van der Waals surface area contributed by atoms with E-state index in [2.05, 4.69) is 4.74 Å². The molecule has 0 radical (unpaired) electrons. The number of rotatable bonds is 5. The van der Waals surface area contributed by atoms with E-state index in [0.717, 1.165) is 16.7 Å². The van der Waals surface area contributed by atoms with E-state index in [9.17, 15) is 23.1 Å². The Bertz CT molecular complexity index is 1190. The van der Waals surface area contributed by atoms with Gasteiger partial charge < -0.3 is 14.4 Å². The van der Waals surface area contributed by atoms with Gasteiger partial charge in [-0.3, -0.25) is 0 Å². The van der Waals surface area contributed by atoms with Gasteiger partial charge in [-0.05, 0) is 42.0 Å². The van der Waals surface area contributed by atoms with E-state index >= 15 is 0 Å². The van der Waals surface area contributed by atoms with Crippen molar-refractivity contribution in [2.75, 3.05) is 13.7 Å². The van der Waals surface area contributed by atoms with E-state index in [-0.39, 0.29) is 32.7 Å². The number of ether oxygens (including phenoxy) is 1. The molecule has 0 spiro atoms. The van der Waals surface area contributed by atoms with E-state index < -0.39 is 37.2 Å². The molecule has 3 rings (SSSR count). The topological polar surface area (TPSA) is 51.5 Å². The van der Waals surface area contributed by atoms with Gasteiger partial charge in [0.2, 0.25) is 0 Å². The van der Waals surface area contributed by atoms with Gasteiger partial charge in [-0.1, -0.05) is 17.7 Å². The second-order valence-electron chi connectivity index (χ2n) is 5.94. The Morgan fingerprint density at radius 1 is 1.25 bits per heavy atom. The van der Waals surface area contributed by atoms with Crippen LogP contribution < -0.4 is 0 Å². The van der Waals surface area contributed by atoms with Crippen LogP contribution in [0.25, 0.3) is 10.9 Å². The zero-order valence-corrected chi connectivity index (χ0v) is 15.2. The van der Waals surface area contributed by atoms with Gasteiger partial charge in [0, 0.05) is 34.5 Å². The van der Waals surface area contributed by atoms with Crippen LogP contribution in [0, 0.1) is 0 Å². The summed E-state index contributed by atoms with van der Waals surface area (Å²) in [5, 5.41) is 9.95. The summed E-state index contributed by atoms with van der Waals surface area (Å²) >= 11 is 5.72. The fourth-order valence-corrected chi connectivity index (χ4v) is 3.16. The molecule has 28 heavy (non-hydrogen) atoms. The molecule has 0 saturated heterocycles. The molecule has 8 heteroatoms. The number of methoxy groups -OCH3 is 1. The summed E-state index contributed by atoms with van der Waals surface area (Å²) in [5.41, 5.74) is -1.13. The van der Waals surface area contributed by atoms with Gasteiger partial charge in [0.15, 0.2) is 0 Å². The highest BCUT2D eigenvalue weighted by molar-refractivity contribution is 6.30. The highest BCUT2D eigenvalue weighted by atomic mass is 35.5. The number of aliphatic hydroxyl groups is 1. The van der Waals surface area contributed by atoms with Gasteiger partial charge in [0.05, 0.1) is 30.3 Å². The van der Waals surface area contributed by atoms with Gasteiger partial charge in [0.1, 0.15) is 0 Å². The van der Waals surface area contributed by atoms with Crippen LogP contribution in [0.15, 0.2) is 42.5 Å². The minimum absolute atomic E-state index is 0.0576. The lowest BCUT2D eigenvalue weighted by Crippen LogP contribution is -2.12. The first kappa shape index (κ1) is 15.4. The van der Waals surface area contributed by atoms with Crippen LogP contribution in [-0.4, -0.2) is 29.3 Å². The summed E-state index contributed by atoms with van der Waals surface area (Å²) in [6, 6.07) is 8.45. The predicted octanol–water partition coefficient (Wildman–Crippen LogP) is 4.68. The lowest BCUT2D eigenvalue weighted by Gasteiger charge is -2.15. The smallest absolute Gasteiger partial charge is 0.416 e. The van der Waals surface area contributed by atoms with E-state index in [0.29, 0.717) is 0 Å². The van der Waals surface area contributed by atoms with Crippen LogP contribution in [-0.2, 0) is 23.8 Å². The Labute approximate surface area is 169 Å². The first-order valence-electron chi connectivity index (χ1n) is 9.98. The van der Waals surface area contributed by atoms with E-state index in [1.54, 1.807) is 0 Å². The third-order valence-electron chi connectivity index (χ3n) is 4.21. The number of aromatic nitrogens is 1. The summed E-state index contributed by atoms with van der Waals surface area (Å²) < 4.78 is 77.5. The number of carbonyl (C=O) groups excluding carboxylic acids is 1. The van der Waals surface area contributed by atoms with Crippen molar-refractivity contribution in [3.05, 3.63) is 69.9 Å². The van der Waals surface area contributed by atoms with Gasteiger partial charge in [-0.2, -0.15) is 13.2 Å². The minimum Gasteiger partial charge on any atom is -0.465 e. The van der Waals surface area contributed by atoms with Crippen LogP contribution in [0.5, 0.6) is 0 Å². The molecule has 2 aromatic carbocycles. The molecule has 0 unspecified atom stereocenters. The van der Waals surface area contributed by atoms with Crippen molar-refractivity contribution in [2.24, 2.45) is 0 Å². The molecule has 1 heterocycles. The maximum atomic E-state index is 13.5. The average molecular weight is 416 g/mol. The van der Waals surface area contributed by atoms with Gasteiger partial charge >= 0.3 is 12.1 Å². The summed E-state index contributed by atoms with van der Waals surface area (Å²) in [6.45, 7) is -6.43. The molecule has 0 aliphatic rings. The molecule has 1 aromatic heterocycles. The van der Waals surface area contributed by atoms with Crippen LogP contribution >= 0.6 is 11.6 Å². The van der Waals surface area contributed by atoms with Crippen LogP contribution in [0.2, 0.25) is 5.02 Å². The zero-order valence-electron chi connectivity index (χ0n) is 18.5. The van der Waals surface area contributed by atoms with Crippen molar-refractivity contribution < 1.29 is 33.3 Å². The first-order chi connectivity index (χ1) is 14.7. The van der Waals surface area contributed by atoms with E-state index in [1.165, 1.54) is 37.4 Å². The van der Waals surface area contributed by atoms with Gasteiger partial charge in [-0.15, -0.1) is 0 Å². The number of aryl methyl sites for hydroxylation is 1. The van der Waals surface area contributed by atoms with Crippen molar-refractivity contribution >= 4 is 28.5 Å². The van der Waals surface area contributed by atoms with Crippen molar-refractivity contribution in [1.82, 2.24) is 4.57 Å². The number of esters is 1. The summed E-state index contributed by atoms with van der Waals surface area (Å²) in [5.74, 6) is -0.682. The number of fused-ring (bicyclic) bond motifs is 1. The Morgan fingerprint density at radius 2 is 2.00 bits per heavy atom. The molecule has 3 aromatic rings. The molecule has 1 N–H and O–H groups in total. The largest absolute Gasteiger partial charge is 0.465 e. The lowest BCUT2D eigenvalue weighted by molar-refractivity contribution is -0.138. The Hall–Kier alpha value is -2.51. The van der Waals surface area contributed by atoms with Crippen molar-refractivity contribution in [3.8, 4) is 0 Å². The Kier molecular flexibility index (Phi) is 4.32. The molecule has 148 valence electrons. The maximum Gasteiger partial charge on any atom is 0.416 e. The molecule has 0 saturated carbocycles. The number of halogens is 4. The zero-order chi connectivity index (χ0) is 24.1. The van der Waals surface area contributed by atoms with Crippen LogP contribution in [0.1, 0.15) is 32.7 Å². The molecule has 4 nitrogen and oxygen atoms in total. The standard InChI is InChI=1S/C20H17ClF3NO3/c1-28-19(27)13-3-5-18-14(8-13)10-16(25(18)6-7-26)9-12-2-4-15(21)11-17(12)20(22,23)24/h2-5,8,10-11,26H,6-7,9H2,1H3/i6D2,7D2. The first-order valence-corrected chi connectivity index (χ1v) is 8.36. The lowest BCUT2D eigenvalue weighted by atomic mass is 10.0. The van der Waals surface area contributed by atoms with Crippen LogP contribution in [0.3, 0.4) is 0 Å². The minimum atomic E-state index is -4.74. The molecular weight excluding hydrogens is 395 g/mol. The summed E-state index contributed by atoms with van der Waals surface area (Å²) in [7, 11) is 1.17. The molecular formula is C20H17ClF3NO3. The van der Waals surface area contributed by atoms with Crippen molar-refractivity contribution in [2.45, 2.75) is 19.1 Å². The average Bonchev–Trinajstić information content (AvgIpc) is 3.04. The van der Waals surface area contributed by atoms with Crippen molar-refractivity contribution in [3.63, 3.8) is 0 Å². The summed E-state index contributed by atoms with van der Waals surface area (Å²) in [4.78, 5) is 11.8.